The Hall–Kier alpha value is -6.21. The molecule has 1 unspecified atom stereocenters. The van der Waals surface area contributed by atoms with Crippen LogP contribution >= 0.6 is 12.6 Å². The summed E-state index contributed by atoms with van der Waals surface area (Å²) in [6.45, 7) is 5.01. The molecule has 0 aliphatic heterocycles. The quantitative estimate of drug-likeness (QED) is 0.0427. The number of hydrogen-bond donors (Lipinski definition) is 11. The third kappa shape index (κ3) is 17.2. The van der Waals surface area contributed by atoms with Crippen LogP contribution in [-0.4, -0.2) is 105 Å². The molecule has 0 aliphatic rings. The van der Waals surface area contributed by atoms with Crippen LogP contribution < -0.4 is 37.6 Å². The number of phenolic OH excluding ortho intramolecular Hbond substituents is 2. The Morgan fingerprint density at radius 3 is 1.46 bits per heavy atom. The summed E-state index contributed by atoms with van der Waals surface area (Å²) in [5.74, 6) is -6.96. The lowest BCUT2D eigenvalue weighted by Crippen LogP contribution is -2.61. The number of phenols is 2. The van der Waals surface area contributed by atoms with Gasteiger partial charge in [-0.05, 0) is 84.8 Å². The van der Waals surface area contributed by atoms with Crippen molar-refractivity contribution in [3.05, 3.63) is 95.3 Å². The van der Waals surface area contributed by atoms with Gasteiger partial charge in [-0.15, -0.1) is 0 Å². The second-order valence-electron chi connectivity index (χ2n) is 15.2. The number of benzene rings is 3. The Morgan fingerprint density at radius 1 is 0.603 bits per heavy atom. The molecular weight excluding hydrogens is 838 g/mol. The van der Waals surface area contributed by atoms with Crippen molar-refractivity contribution in [2.75, 3.05) is 12.3 Å². The average Bonchev–Trinajstić information content (AvgIpc) is 3.25. The monoisotopic (exact) mass is 895 g/mol. The first-order chi connectivity index (χ1) is 29.9. The molecule has 11 N–H and O–H groups in total. The van der Waals surface area contributed by atoms with Gasteiger partial charge < -0.3 is 53.0 Å². The fourth-order valence-electron chi connectivity index (χ4n) is 6.45. The number of nitrogens with one attached hydrogen (secondary N) is 6. The summed E-state index contributed by atoms with van der Waals surface area (Å²) >= 11 is 4.15. The third-order valence-corrected chi connectivity index (χ3v) is 10.6. The number of aliphatic carboxylic acids is 1. The van der Waals surface area contributed by atoms with Crippen LogP contribution in [0.15, 0.2) is 72.8 Å². The minimum Gasteiger partial charge on any atom is -0.508 e. The van der Waals surface area contributed by atoms with Gasteiger partial charge in [-0.3, -0.25) is 28.8 Å². The van der Waals surface area contributed by atoms with Gasteiger partial charge in [-0.25, -0.2) is 9.18 Å². The summed E-state index contributed by atoms with van der Waals surface area (Å²) in [6.07, 6.45) is 0.745. The highest BCUT2D eigenvalue weighted by atomic mass is 32.1. The molecule has 6 amide bonds. The number of carboxylic acids is 1. The lowest BCUT2D eigenvalue weighted by atomic mass is 9.96. The molecule has 3 aromatic rings. The third-order valence-electron chi connectivity index (χ3n) is 10.2. The number of halogens is 1. The number of rotatable bonds is 25. The van der Waals surface area contributed by atoms with Gasteiger partial charge in [0, 0.05) is 31.9 Å². The van der Waals surface area contributed by atoms with Crippen molar-refractivity contribution < 1.29 is 53.3 Å². The van der Waals surface area contributed by atoms with E-state index < -0.39 is 89.4 Å². The summed E-state index contributed by atoms with van der Waals surface area (Å²) in [6, 6.07) is 8.90. The number of carbonyl (C=O) groups excluding carboxylic acids is 6. The fraction of sp³-hybridized carbons (Fsp3) is 0.432. The van der Waals surface area contributed by atoms with Crippen molar-refractivity contribution in [2.24, 2.45) is 11.7 Å². The number of aromatic hydroxyl groups is 2. The first kappa shape index (κ1) is 51.1. The van der Waals surface area contributed by atoms with E-state index in [1.807, 2.05) is 0 Å². The van der Waals surface area contributed by atoms with E-state index in [2.05, 4.69) is 44.5 Å². The van der Waals surface area contributed by atoms with Gasteiger partial charge in [-0.1, -0.05) is 56.7 Å². The number of carboxylic acid groups (broad SMARTS) is 1. The Balaban J connectivity index is 1.95. The van der Waals surface area contributed by atoms with Crippen LogP contribution in [0.4, 0.5) is 4.39 Å². The SMILES string of the molecule is CCC(C)[C@H](NC(=O)[C@H](CS)NC(C)=O)C(=O)N[C@@H](Cc1ccc(O)cc1)C(=O)N[C@@H](CCCCN)C(=O)N[C@@H](Cc1ccc(F)cc1)C(=O)N[C@@H](Cc1ccc(O)cc1)C(=O)O. The topological polar surface area (TPSA) is 278 Å². The van der Waals surface area contributed by atoms with Crippen molar-refractivity contribution >= 4 is 54.0 Å². The van der Waals surface area contributed by atoms with E-state index in [0.29, 0.717) is 36.0 Å². The van der Waals surface area contributed by atoms with Crippen LogP contribution in [0.25, 0.3) is 0 Å². The van der Waals surface area contributed by atoms with Crippen LogP contribution in [0.5, 0.6) is 11.5 Å². The number of carbonyl (C=O) groups is 7. The molecule has 0 aromatic heterocycles. The van der Waals surface area contributed by atoms with Crippen molar-refractivity contribution in [2.45, 2.75) is 102 Å². The van der Waals surface area contributed by atoms with E-state index in [1.165, 1.54) is 67.6 Å². The second kappa shape index (κ2) is 25.7. The maximum absolute atomic E-state index is 14.3. The highest BCUT2D eigenvalue weighted by molar-refractivity contribution is 7.80. The molecule has 0 fully saturated rings. The first-order valence-corrected chi connectivity index (χ1v) is 21.2. The Kier molecular flexibility index (Phi) is 20.8. The highest BCUT2D eigenvalue weighted by Gasteiger charge is 2.35. The van der Waals surface area contributed by atoms with Crippen molar-refractivity contribution in [1.29, 1.82) is 0 Å². The van der Waals surface area contributed by atoms with Gasteiger partial charge in [0.1, 0.15) is 53.6 Å². The minimum atomic E-state index is -1.46. The predicted molar refractivity (Wildman–Crippen MR) is 235 cm³/mol. The summed E-state index contributed by atoms with van der Waals surface area (Å²) < 4.78 is 13.9. The van der Waals surface area contributed by atoms with Gasteiger partial charge in [-0.2, -0.15) is 12.6 Å². The molecule has 19 heteroatoms. The molecule has 0 radical (unpaired) electrons. The minimum absolute atomic E-state index is 0.0257. The molecule has 0 bridgehead atoms. The van der Waals surface area contributed by atoms with Crippen LogP contribution in [-0.2, 0) is 52.8 Å². The zero-order valence-corrected chi connectivity index (χ0v) is 36.3. The molecule has 0 heterocycles. The molecule has 17 nitrogen and oxygen atoms in total. The molecule has 7 atom stereocenters. The van der Waals surface area contributed by atoms with E-state index in [4.69, 9.17) is 5.73 Å². The summed E-state index contributed by atoms with van der Waals surface area (Å²) in [4.78, 5) is 93.6. The molecular formula is C44H58FN7O10S. The van der Waals surface area contributed by atoms with Gasteiger partial charge in [0.2, 0.25) is 35.4 Å². The largest absolute Gasteiger partial charge is 0.508 e. The molecule has 3 rings (SSSR count). The first-order valence-electron chi connectivity index (χ1n) is 20.6. The average molecular weight is 896 g/mol. The zero-order chi connectivity index (χ0) is 46.6. The lowest BCUT2D eigenvalue weighted by molar-refractivity contribution is -0.142. The number of thiol groups is 1. The van der Waals surface area contributed by atoms with E-state index in [1.54, 1.807) is 13.8 Å². The second-order valence-corrected chi connectivity index (χ2v) is 15.6. The molecule has 0 spiro atoms. The molecule has 63 heavy (non-hydrogen) atoms. The Bertz CT molecular complexity index is 2010. The van der Waals surface area contributed by atoms with Crippen molar-refractivity contribution in [3.63, 3.8) is 0 Å². The summed E-state index contributed by atoms with van der Waals surface area (Å²) in [5.41, 5.74) is 7.16. The molecule has 0 aliphatic carbocycles. The normalized spacial score (nSPS) is 14.3. The zero-order valence-electron chi connectivity index (χ0n) is 35.4. The van der Waals surface area contributed by atoms with E-state index in [0.717, 1.165) is 12.1 Å². The van der Waals surface area contributed by atoms with Gasteiger partial charge in [0.15, 0.2) is 0 Å². The number of nitrogens with two attached hydrogens (primary N) is 1. The lowest BCUT2D eigenvalue weighted by Gasteiger charge is -2.29. The smallest absolute Gasteiger partial charge is 0.326 e. The van der Waals surface area contributed by atoms with Gasteiger partial charge >= 0.3 is 5.97 Å². The summed E-state index contributed by atoms with van der Waals surface area (Å²) in [5, 5.41) is 45.2. The number of amides is 6. The molecule has 3 aromatic carbocycles. The van der Waals surface area contributed by atoms with Crippen molar-refractivity contribution in [3.8, 4) is 11.5 Å². The molecule has 0 saturated heterocycles. The number of hydrogen-bond acceptors (Lipinski definition) is 11. The van der Waals surface area contributed by atoms with Crippen molar-refractivity contribution in [1.82, 2.24) is 31.9 Å². The van der Waals surface area contributed by atoms with Gasteiger partial charge in [0.25, 0.3) is 0 Å². The van der Waals surface area contributed by atoms with Crippen LogP contribution in [0, 0.1) is 11.7 Å². The summed E-state index contributed by atoms with van der Waals surface area (Å²) in [7, 11) is 0. The number of unbranched alkanes of at least 4 members (excludes halogenated alkanes) is 1. The van der Waals surface area contributed by atoms with Gasteiger partial charge in [0.05, 0.1) is 0 Å². The fourth-order valence-corrected chi connectivity index (χ4v) is 6.70. The van der Waals surface area contributed by atoms with E-state index in [9.17, 15) is 53.3 Å². The predicted octanol–water partition coefficient (Wildman–Crippen LogP) is 1.38. The van der Waals surface area contributed by atoms with Crippen LogP contribution in [0.1, 0.15) is 63.1 Å². The van der Waals surface area contributed by atoms with E-state index >= 15 is 0 Å². The maximum atomic E-state index is 14.3. The Labute approximate surface area is 371 Å². The highest BCUT2D eigenvalue weighted by Crippen LogP contribution is 2.16. The maximum Gasteiger partial charge on any atom is 0.326 e. The van der Waals surface area contributed by atoms with E-state index in [-0.39, 0.29) is 49.5 Å². The van der Waals surface area contributed by atoms with Crippen LogP contribution in [0.2, 0.25) is 0 Å². The van der Waals surface area contributed by atoms with Crippen LogP contribution in [0.3, 0.4) is 0 Å². The standard InChI is InChI=1S/C44H58FN7O10S/c1-4-25(2)38(52-42(59)37(24-63)47-26(3)53)43(60)50-35(22-28-10-16-31(54)17-11-28)40(57)48-33(7-5-6-20-46)39(56)49-34(21-27-8-14-30(45)15-9-27)41(58)51-36(44(61)62)23-29-12-18-32(55)19-13-29/h8-19,25,33-38,54-55,63H,4-7,20-24,46H2,1-3H3,(H,47,53)(H,48,57)(H,49,56)(H,50,60)(H,51,58)(H,52,59)(H,61,62)/t25?,33-,34-,35-,36-,37-,38-/m0/s1. The molecule has 0 saturated carbocycles. The molecule has 342 valence electrons. The Morgan fingerprint density at radius 2 is 1.02 bits per heavy atom.